The van der Waals surface area contributed by atoms with Crippen LogP contribution in [0.4, 0.5) is 0 Å². The van der Waals surface area contributed by atoms with Gasteiger partial charge in [0.1, 0.15) is 0 Å². The molecule has 0 aromatic heterocycles. The van der Waals surface area contributed by atoms with Crippen molar-refractivity contribution >= 4 is 84.1 Å². The van der Waals surface area contributed by atoms with Gasteiger partial charge in [0.05, 0.1) is 0 Å². The van der Waals surface area contributed by atoms with Crippen molar-refractivity contribution in [2.75, 3.05) is 0 Å². The monoisotopic (exact) mass is 194 g/mol. The van der Waals surface area contributed by atoms with Crippen LogP contribution in [-0.4, -0.2) is 41.0 Å². The van der Waals surface area contributed by atoms with Crippen LogP contribution in [-0.2, 0) is 0 Å². The first-order valence-electron chi connectivity index (χ1n) is 0.756. The first-order chi connectivity index (χ1) is 2.00. The molecule has 0 radical (unpaired) electrons. The predicted molar refractivity (Wildman–Crippen MR) is 34.1 cm³/mol. The number of hydrogen-bond acceptors (Lipinski definition) is 0. The normalized spacial score (nSPS) is 10.0. The molecule has 0 aliphatic carbocycles. The van der Waals surface area contributed by atoms with E-state index in [0.717, 1.165) is 0 Å². The van der Waals surface area contributed by atoms with E-state index in [-0.39, 0.29) is 40.6 Å². The molecule has 0 fully saturated rings. The maximum absolute atomic E-state index is 4.83. The molecule has 5 heteroatoms. The molecule has 0 spiro atoms. The second kappa shape index (κ2) is 4.31. The van der Waals surface area contributed by atoms with E-state index in [2.05, 4.69) is 0 Å². The van der Waals surface area contributed by atoms with E-state index >= 15 is 0 Å². The topological polar surface area (TPSA) is 0 Å². The second-order valence-electron chi connectivity index (χ2n) is 0.429. The van der Waals surface area contributed by atoms with Gasteiger partial charge in [0.15, 0.2) is 0 Å². The summed E-state index contributed by atoms with van der Waals surface area (Å²) in [5, 5.41) is 0. The van der Waals surface area contributed by atoms with Gasteiger partial charge < -0.3 is 2.85 Å². The zero-order chi connectivity index (χ0) is 4.50. The van der Waals surface area contributed by atoms with Gasteiger partial charge in [-0.2, -0.15) is 0 Å². The summed E-state index contributed by atoms with van der Waals surface area (Å²) in [6.07, 6.45) is 0. The molecule has 0 unspecified atom stereocenters. The van der Waals surface area contributed by atoms with Gasteiger partial charge in [-0.05, 0) is 0 Å². The Morgan fingerprint density at radius 3 is 1.00 bits per heavy atom. The fourth-order valence-corrected chi connectivity index (χ4v) is 0. The van der Waals surface area contributed by atoms with Crippen molar-refractivity contribution in [3.8, 4) is 0 Å². The maximum Gasteiger partial charge on any atom is 2.00 e. The Bertz CT molecular complexity index is 29.5. The molecular formula is CH2CaCl4. The molecule has 0 heterocycles. The summed E-state index contributed by atoms with van der Waals surface area (Å²) < 4.78 is -1.61. The van der Waals surface area contributed by atoms with E-state index in [9.17, 15) is 0 Å². The van der Waals surface area contributed by atoms with Gasteiger partial charge in [-0.3, -0.25) is 0 Å². The number of hydrogen-bond donors (Lipinski definition) is 0. The van der Waals surface area contributed by atoms with Crippen LogP contribution in [0.3, 0.4) is 0 Å². The summed E-state index contributed by atoms with van der Waals surface area (Å²) >= 11 is 19.3. The van der Waals surface area contributed by atoms with Crippen molar-refractivity contribution < 1.29 is 2.85 Å². The van der Waals surface area contributed by atoms with E-state index in [4.69, 9.17) is 46.4 Å². The van der Waals surface area contributed by atoms with Crippen molar-refractivity contribution in [3.63, 3.8) is 0 Å². The van der Waals surface area contributed by atoms with Crippen molar-refractivity contribution in [1.29, 1.82) is 0 Å². The molecule has 0 saturated heterocycles. The van der Waals surface area contributed by atoms with Crippen LogP contribution in [0.1, 0.15) is 2.85 Å². The van der Waals surface area contributed by atoms with Crippen molar-refractivity contribution in [2.24, 2.45) is 0 Å². The Morgan fingerprint density at radius 2 is 1.00 bits per heavy atom. The fraction of sp³-hybridized carbons (Fsp3) is 1.00. The fourth-order valence-electron chi connectivity index (χ4n) is 0. The Balaban J connectivity index is -0.0000000267. The standard InChI is InChI=1S/CCl4.Ca.2H/c2-1(3,4)5;;;/q;+2;2*-1. The number of halogens is 4. The van der Waals surface area contributed by atoms with E-state index in [1.54, 1.807) is 0 Å². The van der Waals surface area contributed by atoms with E-state index in [1.165, 1.54) is 0 Å². The van der Waals surface area contributed by atoms with Crippen molar-refractivity contribution in [3.05, 3.63) is 0 Å². The average Bonchev–Trinajstić information content (AvgIpc) is 0.722. The molecule has 0 nitrogen and oxygen atoms in total. The molecule has 0 saturated carbocycles. The molecule has 0 aliphatic rings. The Hall–Kier alpha value is 2.42. The molecule has 0 N–H and O–H groups in total. The molecule has 0 aromatic carbocycles. The van der Waals surface area contributed by atoms with Gasteiger partial charge in [0.2, 0.25) is 0 Å². The molecule has 0 aliphatic heterocycles. The predicted octanol–water partition coefficient (Wildman–Crippen LogP) is 2.40. The molecule has 36 valence electrons. The van der Waals surface area contributed by atoms with Gasteiger partial charge in [-0.25, -0.2) is 0 Å². The minimum atomic E-state index is -1.61. The van der Waals surface area contributed by atoms with E-state index < -0.39 is 3.25 Å². The second-order valence-corrected chi connectivity index (χ2v) is 3.86. The number of rotatable bonds is 0. The molecule has 0 bridgehead atoms. The average molecular weight is 196 g/mol. The van der Waals surface area contributed by atoms with Gasteiger partial charge in [-0.15, -0.1) is 0 Å². The van der Waals surface area contributed by atoms with E-state index in [1.807, 2.05) is 0 Å². The molecule has 0 rings (SSSR count). The first-order valence-corrected chi connectivity index (χ1v) is 2.27. The summed E-state index contributed by atoms with van der Waals surface area (Å²) in [6, 6.07) is 0. The van der Waals surface area contributed by atoms with Crippen LogP contribution in [0.25, 0.3) is 0 Å². The third kappa shape index (κ3) is 32.2. The van der Waals surface area contributed by atoms with Gasteiger partial charge in [0, 0.05) is 0 Å². The molecule has 0 aromatic rings. The maximum atomic E-state index is 4.83. The summed E-state index contributed by atoms with van der Waals surface area (Å²) in [5.41, 5.74) is 0. The Labute approximate surface area is 89.0 Å². The zero-order valence-electron chi connectivity index (χ0n) is 4.72. The molecule has 6 heavy (non-hydrogen) atoms. The third-order valence-electron chi connectivity index (χ3n) is 0. The first kappa shape index (κ1) is 11.2. The number of alkyl halides is 4. The minimum Gasteiger partial charge on any atom is -1.00 e. The largest absolute Gasteiger partial charge is 2.00 e. The summed E-state index contributed by atoms with van der Waals surface area (Å²) in [5.74, 6) is 0. The van der Waals surface area contributed by atoms with Gasteiger partial charge in [-0.1, -0.05) is 46.4 Å². The van der Waals surface area contributed by atoms with E-state index in [0.29, 0.717) is 0 Å². The molecule has 0 atom stereocenters. The Kier molecular flexibility index (Phi) is 8.09. The molecule has 0 amide bonds. The smallest absolute Gasteiger partial charge is 1.00 e. The Morgan fingerprint density at radius 1 is 1.00 bits per heavy atom. The van der Waals surface area contributed by atoms with Gasteiger partial charge >= 0.3 is 37.7 Å². The van der Waals surface area contributed by atoms with Crippen molar-refractivity contribution in [1.82, 2.24) is 0 Å². The van der Waals surface area contributed by atoms with Crippen molar-refractivity contribution in [2.45, 2.75) is 3.25 Å². The SMILES string of the molecule is ClC(Cl)(Cl)Cl.[Ca+2].[H-].[H-]. The summed E-state index contributed by atoms with van der Waals surface area (Å²) in [6.45, 7) is 0. The summed E-state index contributed by atoms with van der Waals surface area (Å²) in [7, 11) is 0. The molecular weight excluding hydrogens is 194 g/mol. The quantitative estimate of drug-likeness (QED) is 0.412. The minimum absolute atomic E-state index is 0. The van der Waals surface area contributed by atoms with Crippen LogP contribution in [0.15, 0.2) is 0 Å². The van der Waals surface area contributed by atoms with Crippen LogP contribution in [0, 0.1) is 0 Å². The van der Waals surface area contributed by atoms with Crippen LogP contribution in [0.2, 0.25) is 0 Å². The van der Waals surface area contributed by atoms with Crippen LogP contribution >= 0.6 is 46.4 Å². The third-order valence-corrected chi connectivity index (χ3v) is 0. The summed E-state index contributed by atoms with van der Waals surface area (Å²) in [4.78, 5) is 0. The zero-order valence-corrected chi connectivity index (χ0v) is 7.95. The van der Waals surface area contributed by atoms with Crippen LogP contribution < -0.4 is 0 Å². The van der Waals surface area contributed by atoms with Crippen LogP contribution in [0.5, 0.6) is 0 Å². The van der Waals surface area contributed by atoms with Gasteiger partial charge in [0.25, 0.3) is 3.25 Å².